The molecule has 4 bridgehead atoms. The van der Waals surface area contributed by atoms with Crippen LogP contribution >= 0.6 is 0 Å². The van der Waals surface area contributed by atoms with Crippen LogP contribution < -0.4 is 24.8 Å². The van der Waals surface area contributed by atoms with E-state index in [-0.39, 0.29) is 25.3 Å². The molecule has 0 radical (unpaired) electrons. The van der Waals surface area contributed by atoms with Gasteiger partial charge in [0.1, 0.15) is 35.2 Å². The Labute approximate surface area is 333 Å². The number of amides is 5. The summed E-state index contributed by atoms with van der Waals surface area (Å²) < 4.78 is 40.3. The normalized spacial score (nSPS) is 25.9. The number of benzene rings is 2. The number of pyridine rings is 1. The average molecular weight is 799 g/mol. The smallest absolute Gasteiger partial charge is 0.317 e. The highest BCUT2D eigenvalue weighted by atomic mass is 32.2. The van der Waals surface area contributed by atoms with Crippen LogP contribution in [0.1, 0.15) is 57.9 Å². The molecule has 3 fully saturated rings. The molecule has 2 aliphatic carbocycles. The van der Waals surface area contributed by atoms with Crippen LogP contribution in [-0.4, -0.2) is 103 Å². The molecule has 2 saturated carbocycles. The molecular weight excluding hydrogens is 749 g/mol. The zero-order valence-electron chi connectivity index (χ0n) is 32.7. The number of sulfonamides is 1. The highest BCUT2D eigenvalue weighted by Crippen LogP contribution is 2.46. The van der Waals surface area contributed by atoms with Crippen LogP contribution in [0.25, 0.3) is 28.2 Å². The van der Waals surface area contributed by atoms with Crippen LogP contribution in [0.3, 0.4) is 0 Å². The molecule has 0 unspecified atom stereocenters. The lowest BCUT2D eigenvalue weighted by Crippen LogP contribution is -2.59. The summed E-state index contributed by atoms with van der Waals surface area (Å²) in [5, 5.41) is 5.79. The zero-order chi connectivity index (χ0) is 40.6. The second-order valence-corrected chi connectivity index (χ2v) is 17.7. The fourth-order valence-electron chi connectivity index (χ4n) is 7.67. The highest BCUT2D eigenvalue weighted by Gasteiger charge is 2.62. The summed E-state index contributed by atoms with van der Waals surface area (Å²) in [6.45, 7) is 7.85. The maximum Gasteiger partial charge on any atom is 0.317 e. The van der Waals surface area contributed by atoms with Crippen LogP contribution in [0.4, 0.5) is 4.79 Å². The van der Waals surface area contributed by atoms with E-state index in [0.717, 1.165) is 11.1 Å². The lowest BCUT2D eigenvalue weighted by molar-refractivity contribution is -0.141. The summed E-state index contributed by atoms with van der Waals surface area (Å²) in [5.41, 5.74) is 1.37. The third-order valence-corrected chi connectivity index (χ3v) is 13.1. The molecule has 3 aromatic rings. The summed E-state index contributed by atoms with van der Waals surface area (Å²) >= 11 is 0. The fourth-order valence-corrected chi connectivity index (χ4v) is 9.03. The standard InChI is InChI=1S/C42H50N6O8S/c1-6-28-23-42(28,40(51)46-57(53,54)30-16-17-30)45-38(49)34-20-29-24-48(34)39(50)37(25(2)3)44-41(52)47(4)18-12-8-11-15-27-19-31-33(22-35(27)55-5)43-32(21-36(31)56-29)26-13-9-7-10-14-26/h6-7,9-11,13-15,19,21-22,25,28-30,34,37H,1,8,12,16-18,20,23-24H2,2-5H3,(H,44,52)(H,45,49)(H,46,51)/b15-11-/t28-,29-,34+,37+,42-/m1/s1. The van der Waals surface area contributed by atoms with Crippen LogP contribution in [0, 0.1) is 11.8 Å². The number of nitrogens with zero attached hydrogens (tertiary/aromatic N) is 3. The molecule has 1 saturated heterocycles. The average Bonchev–Trinajstić information content (AvgIpc) is 4.12. The number of carbonyl (C=O) groups excluding carboxylic acids is 4. The van der Waals surface area contributed by atoms with Gasteiger partial charge in [-0.2, -0.15) is 0 Å². The number of hydrogen-bond acceptors (Lipinski definition) is 9. The first-order valence-corrected chi connectivity index (χ1v) is 21.0. The van der Waals surface area contributed by atoms with Crippen molar-refractivity contribution in [2.75, 3.05) is 27.2 Å². The Bertz CT molecular complexity index is 2230. The molecule has 2 aliphatic heterocycles. The number of aromatic nitrogens is 1. The van der Waals surface area contributed by atoms with Gasteiger partial charge in [-0.3, -0.25) is 19.1 Å². The van der Waals surface area contributed by atoms with Crippen molar-refractivity contribution in [1.29, 1.82) is 0 Å². The summed E-state index contributed by atoms with van der Waals surface area (Å²) in [7, 11) is -0.641. The van der Waals surface area contributed by atoms with E-state index < -0.39 is 68.7 Å². The van der Waals surface area contributed by atoms with Crippen molar-refractivity contribution >= 4 is 50.8 Å². The maximum absolute atomic E-state index is 14.6. The zero-order valence-corrected chi connectivity index (χ0v) is 33.5. The Morgan fingerprint density at radius 3 is 2.56 bits per heavy atom. The third kappa shape index (κ3) is 8.20. The maximum atomic E-state index is 14.6. The number of allylic oxidation sites excluding steroid dienone is 1. The molecule has 2 aromatic carbocycles. The van der Waals surface area contributed by atoms with Gasteiger partial charge in [0, 0.05) is 54.6 Å². The molecule has 15 heteroatoms. The van der Waals surface area contributed by atoms with Gasteiger partial charge in [0.2, 0.25) is 21.8 Å². The number of methoxy groups -OCH3 is 1. The number of carbonyl (C=O) groups is 4. The Morgan fingerprint density at radius 2 is 1.89 bits per heavy atom. The fraction of sp³-hybridized carbons (Fsp3) is 0.452. The van der Waals surface area contributed by atoms with Crippen molar-refractivity contribution in [2.45, 2.75) is 81.3 Å². The largest absolute Gasteiger partial charge is 0.496 e. The molecular formula is C42H50N6O8S. The monoisotopic (exact) mass is 798 g/mol. The minimum atomic E-state index is -3.91. The van der Waals surface area contributed by atoms with Crippen molar-refractivity contribution in [2.24, 2.45) is 11.8 Å². The van der Waals surface area contributed by atoms with Crippen LogP contribution in [-0.2, 0) is 24.4 Å². The van der Waals surface area contributed by atoms with Gasteiger partial charge >= 0.3 is 6.03 Å². The molecule has 1 aromatic heterocycles. The van der Waals surface area contributed by atoms with Gasteiger partial charge in [0.15, 0.2) is 0 Å². The predicted molar refractivity (Wildman–Crippen MR) is 216 cm³/mol. The molecule has 3 N–H and O–H groups in total. The van der Waals surface area contributed by atoms with Gasteiger partial charge in [-0.1, -0.05) is 62.4 Å². The molecule has 302 valence electrons. The predicted octanol–water partition coefficient (Wildman–Crippen LogP) is 4.40. The molecule has 5 atom stereocenters. The van der Waals surface area contributed by atoms with E-state index in [4.69, 9.17) is 14.5 Å². The molecule has 4 aliphatic rings. The topological polar surface area (TPSA) is 176 Å². The summed E-state index contributed by atoms with van der Waals surface area (Å²) in [5.74, 6) is -1.73. The van der Waals surface area contributed by atoms with Gasteiger partial charge in [-0.25, -0.2) is 18.2 Å². The summed E-state index contributed by atoms with van der Waals surface area (Å²) in [6, 6.07) is 12.8. The molecule has 5 amide bonds. The van der Waals surface area contributed by atoms with E-state index in [1.54, 1.807) is 14.2 Å². The quantitative estimate of drug-likeness (QED) is 0.265. The molecule has 14 nitrogen and oxygen atoms in total. The second-order valence-electron chi connectivity index (χ2n) is 15.8. The number of fused-ring (bicyclic) bond motifs is 3. The minimum absolute atomic E-state index is 0.0145. The van der Waals surface area contributed by atoms with Crippen molar-refractivity contribution in [3.8, 4) is 22.8 Å². The minimum Gasteiger partial charge on any atom is -0.496 e. The third-order valence-electron chi connectivity index (χ3n) is 11.3. The molecule has 0 spiro atoms. The molecule has 3 heterocycles. The Kier molecular flexibility index (Phi) is 11.1. The van der Waals surface area contributed by atoms with Crippen molar-refractivity contribution in [1.82, 2.24) is 30.1 Å². The second kappa shape index (κ2) is 15.8. The Balaban J connectivity index is 1.28. The van der Waals surface area contributed by atoms with Gasteiger partial charge in [-0.05, 0) is 44.1 Å². The van der Waals surface area contributed by atoms with Crippen molar-refractivity contribution in [3.05, 3.63) is 72.8 Å². The van der Waals surface area contributed by atoms with Gasteiger partial charge in [0.05, 0.1) is 30.1 Å². The SMILES string of the molecule is C=C[C@@H]1C[C@]1(NC(=O)[C@@H]1C[C@@H]2CN1C(=O)[C@H](C(C)C)NC(=O)N(C)CCC/C=C\c1cc3c(cc(-c4ccccc4)nc3cc1OC)O2)C(=O)NS(=O)(=O)C1CC1. The van der Waals surface area contributed by atoms with Gasteiger partial charge in [-0.15, -0.1) is 6.58 Å². The Morgan fingerprint density at radius 1 is 1.14 bits per heavy atom. The first kappa shape index (κ1) is 39.8. The van der Waals surface area contributed by atoms with E-state index in [1.807, 2.05) is 74.5 Å². The van der Waals surface area contributed by atoms with Crippen LogP contribution in [0.2, 0.25) is 0 Å². The molecule has 7 rings (SSSR count). The van der Waals surface area contributed by atoms with Crippen LogP contribution in [0.5, 0.6) is 11.5 Å². The number of nitrogens with one attached hydrogen (secondary N) is 3. The van der Waals surface area contributed by atoms with Gasteiger partial charge in [0.25, 0.3) is 5.91 Å². The van der Waals surface area contributed by atoms with Crippen molar-refractivity contribution in [3.63, 3.8) is 0 Å². The number of rotatable bonds is 9. The summed E-state index contributed by atoms with van der Waals surface area (Å²) in [4.78, 5) is 64.0. The van der Waals surface area contributed by atoms with Gasteiger partial charge < -0.3 is 29.9 Å². The van der Waals surface area contributed by atoms with E-state index in [1.165, 1.54) is 15.9 Å². The lowest BCUT2D eigenvalue weighted by Gasteiger charge is -2.32. The van der Waals surface area contributed by atoms with E-state index in [0.29, 0.717) is 60.3 Å². The lowest BCUT2D eigenvalue weighted by atomic mass is 10.0. The number of hydrogen-bond donors (Lipinski definition) is 3. The Hall–Kier alpha value is -5.44. The molecule has 57 heavy (non-hydrogen) atoms. The van der Waals surface area contributed by atoms with Crippen LogP contribution in [0.15, 0.2) is 67.3 Å². The number of urea groups is 1. The first-order valence-electron chi connectivity index (χ1n) is 19.5. The van der Waals surface area contributed by atoms with E-state index in [2.05, 4.69) is 21.9 Å². The van der Waals surface area contributed by atoms with E-state index in [9.17, 15) is 27.6 Å². The van der Waals surface area contributed by atoms with Crippen molar-refractivity contribution < 1.29 is 37.1 Å². The first-order chi connectivity index (χ1) is 27.2. The van der Waals surface area contributed by atoms with E-state index >= 15 is 0 Å². The summed E-state index contributed by atoms with van der Waals surface area (Å²) in [6.07, 6.45) is 7.24. The number of ether oxygens (including phenoxy) is 2. The highest BCUT2D eigenvalue weighted by molar-refractivity contribution is 7.91.